The van der Waals surface area contributed by atoms with E-state index >= 15 is 0 Å². The van der Waals surface area contributed by atoms with Crippen LogP contribution in [-0.4, -0.2) is 37.0 Å². The van der Waals surface area contributed by atoms with E-state index in [1.54, 1.807) is 0 Å². The molecular weight excluding hydrogens is 200 g/mol. The summed E-state index contributed by atoms with van der Waals surface area (Å²) in [6.45, 7) is 5.55. The molecule has 1 aromatic rings. The monoisotopic (exact) mass is 218 g/mol. The smallest absolute Gasteiger partial charge is 0.253 e. The van der Waals surface area contributed by atoms with Crippen molar-refractivity contribution in [2.24, 2.45) is 0 Å². The first-order valence-corrected chi connectivity index (χ1v) is 5.90. The van der Waals surface area contributed by atoms with Gasteiger partial charge in [-0.05, 0) is 24.1 Å². The van der Waals surface area contributed by atoms with Gasteiger partial charge >= 0.3 is 0 Å². The number of hydrogen-bond donors (Lipinski definition) is 1. The van der Waals surface area contributed by atoms with Crippen molar-refractivity contribution in [2.75, 3.05) is 26.2 Å². The van der Waals surface area contributed by atoms with E-state index in [2.05, 4.69) is 12.2 Å². The summed E-state index contributed by atoms with van der Waals surface area (Å²) in [5, 5.41) is 3.25. The average Bonchev–Trinajstić information content (AvgIpc) is 2.39. The van der Waals surface area contributed by atoms with E-state index in [1.807, 2.05) is 29.2 Å². The lowest BCUT2D eigenvalue weighted by Gasteiger charge is -2.27. The number of carbonyl (C=O) groups is 1. The van der Waals surface area contributed by atoms with E-state index in [1.165, 1.54) is 5.56 Å². The van der Waals surface area contributed by atoms with Crippen LogP contribution in [-0.2, 0) is 6.42 Å². The minimum absolute atomic E-state index is 0.157. The van der Waals surface area contributed by atoms with Crippen LogP contribution < -0.4 is 5.32 Å². The van der Waals surface area contributed by atoms with Gasteiger partial charge in [0.1, 0.15) is 0 Å². The molecule has 0 saturated carbocycles. The maximum Gasteiger partial charge on any atom is 0.253 e. The average molecular weight is 218 g/mol. The van der Waals surface area contributed by atoms with Gasteiger partial charge in [-0.2, -0.15) is 0 Å². The number of nitrogens with one attached hydrogen (secondary N) is 1. The predicted octanol–water partition coefficient (Wildman–Crippen LogP) is 1.29. The zero-order valence-electron chi connectivity index (χ0n) is 9.70. The van der Waals surface area contributed by atoms with Crippen molar-refractivity contribution in [1.29, 1.82) is 0 Å². The molecule has 16 heavy (non-hydrogen) atoms. The molecule has 1 heterocycles. The van der Waals surface area contributed by atoms with Gasteiger partial charge in [0.2, 0.25) is 0 Å². The third kappa shape index (κ3) is 2.42. The minimum Gasteiger partial charge on any atom is -0.336 e. The molecule has 1 aromatic carbocycles. The molecule has 3 nitrogen and oxygen atoms in total. The maximum absolute atomic E-state index is 12.1. The number of hydrogen-bond acceptors (Lipinski definition) is 2. The van der Waals surface area contributed by atoms with Crippen molar-refractivity contribution in [1.82, 2.24) is 10.2 Å². The fraction of sp³-hybridized carbons (Fsp3) is 0.462. The molecule has 0 aromatic heterocycles. The number of piperazine rings is 1. The summed E-state index contributed by atoms with van der Waals surface area (Å²) >= 11 is 0. The summed E-state index contributed by atoms with van der Waals surface area (Å²) in [4.78, 5) is 14.0. The van der Waals surface area contributed by atoms with Crippen molar-refractivity contribution < 1.29 is 4.79 Å². The molecule has 86 valence electrons. The summed E-state index contributed by atoms with van der Waals surface area (Å²) in [5.41, 5.74) is 2.08. The normalized spacial score (nSPS) is 16.2. The van der Waals surface area contributed by atoms with E-state index in [0.29, 0.717) is 0 Å². The van der Waals surface area contributed by atoms with Crippen LogP contribution >= 0.6 is 0 Å². The molecule has 0 atom stereocenters. The topological polar surface area (TPSA) is 32.3 Å². The maximum atomic E-state index is 12.1. The van der Waals surface area contributed by atoms with Crippen LogP contribution in [0.5, 0.6) is 0 Å². The largest absolute Gasteiger partial charge is 0.336 e. The van der Waals surface area contributed by atoms with Crippen LogP contribution in [0.25, 0.3) is 0 Å². The Bertz CT molecular complexity index is 353. The summed E-state index contributed by atoms with van der Waals surface area (Å²) in [6.07, 6.45) is 1.02. The van der Waals surface area contributed by atoms with E-state index in [0.717, 1.165) is 38.2 Å². The Morgan fingerprint density at radius 2 is 1.88 bits per heavy atom. The summed E-state index contributed by atoms with van der Waals surface area (Å²) in [5.74, 6) is 0.157. The number of aryl methyl sites for hydroxylation is 1. The van der Waals surface area contributed by atoms with Crippen molar-refractivity contribution in [2.45, 2.75) is 13.3 Å². The molecule has 1 saturated heterocycles. The molecule has 2 rings (SSSR count). The molecule has 0 radical (unpaired) electrons. The number of carbonyl (C=O) groups excluding carboxylic acids is 1. The Hall–Kier alpha value is -1.35. The van der Waals surface area contributed by atoms with Gasteiger partial charge in [-0.1, -0.05) is 19.1 Å². The molecule has 1 fully saturated rings. The zero-order valence-corrected chi connectivity index (χ0v) is 9.70. The van der Waals surface area contributed by atoms with E-state index in [9.17, 15) is 4.79 Å². The molecule has 1 aliphatic heterocycles. The fourth-order valence-electron chi connectivity index (χ4n) is 1.93. The van der Waals surface area contributed by atoms with Gasteiger partial charge in [-0.25, -0.2) is 0 Å². The van der Waals surface area contributed by atoms with E-state index < -0.39 is 0 Å². The highest BCUT2D eigenvalue weighted by molar-refractivity contribution is 5.94. The highest BCUT2D eigenvalue weighted by Crippen LogP contribution is 2.08. The lowest BCUT2D eigenvalue weighted by Crippen LogP contribution is -2.46. The van der Waals surface area contributed by atoms with Crippen LogP contribution in [0.15, 0.2) is 24.3 Å². The molecule has 3 heteroatoms. The second kappa shape index (κ2) is 5.12. The summed E-state index contributed by atoms with van der Waals surface area (Å²) in [7, 11) is 0. The Morgan fingerprint density at radius 3 is 2.44 bits per heavy atom. The van der Waals surface area contributed by atoms with Gasteiger partial charge < -0.3 is 10.2 Å². The first kappa shape index (κ1) is 11.1. The van der Waals surface area contributed by atoms with Gasteiger partial charge in [0.15, 0.2) is 0 Å². The van der Waals surface area contributed by atoms with Gasteiger partial charge in [0.05, 0.1) is 0 Å². The van der Waals surface area contributed by atoms with Gasteiger partial charge in [-0.3, -0.25) is 4.79 Å². The van der Waals surface area contributed by atoms with Crippen molar-refractivity contribution in [3.05, 3.63) is 35.4 Å². The Morgan fingerprint density at radius 1 is 1.25 bits per heavy atom. The summed E-state index contributed by atoms with van der Waals surface area (Å²) < 4.78 is 0. The van der Waals surface area contributed by atoms with Crippen molar-refractivity contribution in [3.63, 3.8) is 0 Å². The van der Waals surface area contributed by atoms with Crippen LogP contribution in [0.2, 0.25) is 0 Å². The molecule has 0 unspecified atom stereocenters. The number of rotatable bonds is 2. The second-order valence-electron chi connectivity index (χ2n) is 4.09. The predicted molar refractivity (Wildman–Crippen MR) is 64.6 cm³/mol. The zero-order chi connectivity index (χ0) is 11.4. The van der Waals surface area contributed by atoms with Gasteiger partial charge in [0, 0.05) is 31.7 Å². The van der Waals surface area contributed by atoms with Crippen LogP contribution in [0.4, 0.5) is 0 Å². The van der Waals surface area contributed by atoms with Crippen LogP contribution in [0.1, 0.15) is 22.8 Å². The Kier molecular flexibility index (Phi) is 3.57. The molecule has 0 spiro atoms. The molecule has 1 aliphatic rings. The second-order valence-corrected chi connectivity index (χ2v) is 4.09. The van der Waals surface area contributed by atoms with Gasteiger partial charge in [0.25, 0.3) is 5.91 Å². The van der Waals surface area contributed by atoms with E-state index in [4.69, 9.17) is 0 Å². The van der Waals surface area contributed by atoms with Gasteiger partial charge in [-0.15, -0.1) is 0 Å². The van der Waals surface area contributed by atoms with Crippen LogP contribution in [0, 0.1) is 0 Å². The van der Waals surface area contributed by atoms with E-state index in [-0.39, 0.29) is 5.91 Å². The molecular formula is C13H18N2O. The standard InChI is InChI=1S/C13H18N2O/c1-2-11-3-5-12(6-4-11)13(16)15-9-7-14-8-10-15/h3-6,14H,2,7-10H2,1H3. The highest BCUT2D eigenvalue weighted by Gasteiger charge is 2.17. The molecule has 1 N–H and O–H groups in total. The first-order valence-electron chi connectivity index (χ1n) is 5.90. The SMILES string of the molecule is CCc1ccc(C(=O)N2CCNCC2)cc1. The van der Waals surface area contributed by atoms with Crippen LogP contribution in [0.3, 0.4) is 0 Å². The third-order valence-corrected chi connectivity index (χ3v) is 3.01. The molecule has 0 bridgehead atoms. The molecule has 1 amide bonds. The lowest BCUT2D eigenvalue weighted by atomic mass is 10.1. The highest BCUT2D eigenvalue weighted by atomic mass is 16.2. The fourth-order valence-corrected chi connectivity index (χ4v) is 1.93. The third-order valence-electron chi connectivity index (χ3n) is 3.01. The minimum atomic E-state index is 0.157. The summed E-state index contributed by atoms with van der Waals surface area (Å²) in [6, 6.07) is 7.94. The lowest BCUT2D eigenvalue weighted by molar-refractivity contribution is 0.0736. The first-order chi connectivity index (χ1) is 7.81. The number of benzene rings is 1. The Labute approximate surface area is 96.5 Å². The van der Waals surface area contributed by atoms with Crippen molar-refractivity contribution in [3.8, 4) is 0 Å². The quantitative estimate of drug-likeness (QED) is 0.811. The molecule has 0 aliphatic carbocycles. The Balaban J connectivity index is 2.07. The van der Waals surface area contributed by atoms with Crippen molar-refractivity contribution >= 4 is 5.91 Å². The number of amides is 1. The number of nitrogens with zero attached hydrogens (tertiary/aromatic N) is 1.